The van der Waals surface area contributed by atoms with Gasteiger partial charge >= 0.3 is 0 Å². The molecule has 0 aromatic carbocycles. The summed E-state index contributed by atoms with van der Waals surface area (Å²) in [6.07, 6.45) is 0. The van der Waals surface area contributed by atoms with Gasteiger partial charge in [0.05, 0.1) is 5.25 Å². The van der Waals surface area contributed by atoms with Crippen molar-refractivity contribution < 1.29 is 4.79 Å². The van der Waals surface area contributed by atoms with E-state index < -0.39 is 0 Å². The minimum Gasteiger partial charge on any atom is -0.299 e. The Balaban J connectivity index is 2.38. The van der Waals surface area contributed by atoms with Crippen LogP contribution in [-0.2, 0) is 4.79 Å². The van der Waals surface area contributed by atoms with Crippen molar-refractivity contribution in [1.29, 1.82) is 0 Å². The molecule has 5 nitrogen and oxygen atoms in total. The van der Waals surface area contributed by atoms with E-state index in [1.54, 1.807) is 11.4 Å². The van der Waals surface area contributed by atoms with Gasteiger partial charge in [0, 0.05) is 11.4 Å². The first-order valence-electron chi connectivity index (χ1n) is 5.35. The maximum atomic E-state index is 11.2. The SMILES string of the molecule is CC(=O)[C@H](C)Sc1nc2nc(C)cc(C)n2n1. The van der Waals surface area contributed by atoms with E-state index in [4.69, 9.17) is 0 Å². The quantitative estimate of drug-likeness (QED) is 0.777. The molecule has 0 fully saturated rings. The number of Topliss-reactive ketones (excluding diaryl/α,β-unsaturated/α-hetero) is 1. The van der Waals surface area contributed by atoms with Crippen molar-refractivity contribution in [2.45, 2.75) is 38.1 Å². The number of thioether (sulfide) groups is 1. The van der Waals surface area contributed by atoms with Gasteiger partial charge in [0.25, 0.3) is 5.78 Å². The number of aryl methyl sites for hydroxylation is 2. The summed E-state index contributed by atoms with van der Waals surface area (Å²) < 4.78 is 1.70. The first-order valence-corrected chi connectivity index (χ1v) is 6.23. The van der Waals surface area contributed by atoms with Crippen LogP contribution in [0.2, 0.25) is 0 Å². The van der Waals surface area contributed by atoms with Crippen LogP contribution in [0.1, 0.15) is 25.2 Å². The smallest absolute Gasteiger partial charge is 0.253 e. The van der Waals surface area contributed by atoms with Gasteiger partial charge in [0.15, 0.2) is 0 Å². The number of carbonyl (C=O) groups is 1. The van der Waals surface area contributed by atoms with E-state index in [0.29, 0.717) is 10.9 Å². The number of fused-ring (bicyclic) bond motifs is 1. The first kappa shape index (κ1) is 12.0. The molecule has 0 unspecified atom stereocenters. The van der Waals surface area contributed by atoms with E-state index >= 15 is 0 Å². The number of nitrogens with zero attached hydrogens (tertiary/aromatic N) is 4. The fourth-order valence-corrected chi connectivity index (χ4v) is 2.18. The summed E-state index contributed by atoms with van der Waals surface area (Å²) in [6, 6.07) is 1.95. The van der Waals surface area contributed by atoms with Gasteiger partial charge in [-0.3, -0.25) is 4.79 Å². The van der Waals surface area contributed by atoms with Crippen LogP contribution >= 0.6 is 11.8 Å². The minimum absolute atomic E-state index is 0.120. The summed E-state index contributed by atoms with van der Waals surface area (Å²) in [5, 5.41) is 4.79. The number of ketones is 1. The van der Waals surface area contributed by atoms with E-state index in [2.05, 4.69) is 15.1 Å². The van der Waals surface area contributed by atoms with Gasteiger partial charge < -0.3 is 0 Å². The van der Waals surface area contributed by atoms with Crippen molar-refractivity contribution >= 4 is 23.3 Å². The molecule has 0 bridgehead atoms. The molecule has 2 aromatic heterocycles. The molecular formula is C11H14N4OS. The van der Waals surface area contributed by atoms with Crippen LogP contribution in [0.3, 0.4) is 0 Å². The number of carbonyl (C=O) groups excluding carboxylic acids is 1. The molecular weight excluding hydrogens is 236 g/mol. The Hall–Kier alpha value is -1.43. The number of hydrogen-bond donors (Lipinski definition) is 0. The van der Waals surface area contributed by atoms with E-state index in [1.807, 2.05) is 26.8 Å². The van der Waals surface area contributed by atoms with Crippen LogP contribution < -0.4 is 0 Å². The molecule has 0 amide bonds. The minimum atomic E-state index is -0.131. The zero-order chi connectivity index (χ0) is 12.6. The van der Waals surface area contributed by atoms with Gasteiger partial charge in [-0.15, -0.1) is 5.10 Å². The van der Waals surface area contributed by atoms with Crippen molar-refractivity contribution in [2.24, 2.45) is 0 Å². The summed E-state index contributed by atoms with van der Waals surface area (Å²) in [5.74, 6) is 0.704. The molecule has 2 aromatic rings. The molecule has 17 heavy (non-hydrogen) atoms. The lowest BCUT2D eigenvalue weighted by Gasteiger charge is -2.01. The zero-order valence-corrected chi connectivity index (χ0v) is 11.1. The Morgan fingerprint density at radius 3 is 2.76 bits per heavy atom. The van der Waals surface area contributed by atoms with Crippen LogP contribution in [0.15, 0.2) is 11.2 Å². The molecule has 0 aliphatic carbocycles. The highest BCUT2D eigenvalue weighted by atomic mass is 32.2. The van der Waals surface area contributed by atoms with Crippen LogP contribution in [0, 0.1) is 13.8 Å². The summed E-state index contributed by atoms with van der Waals surface area (Å²) in [4.78, 5) is 19.8. The lowest BCUT2D eigenvalue weighted by atomic mass is 10.3. The second-order valence-electron chi connectivity index (χ2n) is 4.02. The molecule has 6 heteroatoms. The largest absolute Gasteiger partial charge is 0.299 e. The Morgan fingerprint density at radius 1 is 1.41 bits per heavy atom. The third kappa shape index (κ3) is 2.46. The first-order chi connectivity index (χ1) is 7.97. The molecule has 1 atom stereocenters. The summed E-state index contributed by atoms with van der Waals surface area (Å²) in [6.45, 7) is 7.30. The van der Waals surface area contributed by atoms with Gasteiger partial charge in [0.2, 0.25) is 5.16 Å². The van der Waals surface area contributed by atoms with Gasteiger partial charge in [-0.2, -0.15) is 4.98 Å². The molecule has 0 N–H and O–H groups in total. The van der Waals surface area contributed by atoms with Crippen molar-refractivity contribution in [3.05, 3.63) is 17.5 Å². The van der Waals surface area contributed by atoms with Crippen LogP contribution in [0.4, 0.5) is 0 Å². The Morgan fingerprint density at radius 2 is 2.12 bits per heavy atom. The van der Waals surface area contributed by atoms with Crippen LogP contribution in [-0.4, -0.2) is 30.6 Å². The van der Waals surface area contributed by atoms with Crippen LogP contribution in [0.5, 0.6) is 0 Å². The average molecular weight is 250 g/mol. The maximum absolute atomic E-state index is 11.2. The zero-order valence-electron chi connectivity index (χ0n) is 10.3. The third-order valence-corrected chi connectivity index (χ3v) is 3.52. The van der Waals surface area contributed by atoms with Crippen molar-refractivity contribution in [3.63, 3.8) is 0 Å². The van der Waals surface area contributed by atoms with Gasteiger partial charge in [-0.25, -0.2) is 9.50 Å². The van der Waals surface area contributed by atoms with Gasteiger partial charge in [-0.1, -0.05) is 11.8 Å². The molecule has 2 heterocycles. The summed E-state index contributed by atoms with van der Waals surface area (Å²) >= 11 is 1.36. The standard InChI is InChI=1S/C11H14N4OS/c1-6-5-7(2)15-10(12-6)13-11(14-15)17-9(4)8(3)16/h5,9H,1-4H3/t9-/m0/s1. The van der Waals surface area contributed by atoms with E-state index in [0.717, 1.165) is 11.4 Å². The van der Waals surface area contributed by atoms with Crippen LogP contribution in [0.25, 0.3) is 5.78 Å². The van der Waals surface area contributed by atoms with E-state index in [9.17, 15) is 4.79 Å². The van der Waals surface area contributed by atoms with Gasteiger partial charge in [0.1, 0.15) is 5.78 Å². The Labute approximate surface area is 104 Å². The molecule has 0 spiro atoms. The van der Waals surface area contributed by atoms with Crippen molar-refractivity contribution in [1.82, 2.24) is 19.6 Å². The molecule has 90 valence electrons. The molecule has 0 aliphatic heterocycles. The third-order valence-electron chi connectivity index (χ3n) is 2.45. The van der Waals surface area contributed by atoms with E-state index in [-0.39, 0.29) is 11.0 Å². The molecule has 0 radical (unpaired) electrons. The molecule has 0 aliphatic rings. The molecule has 0 saturated carbocycles. The lowest BCUT2D eigenvalue weighted by Crippen LogP contribution is -2.08. The second-order valence-corrected chi connectivity index (χ2v) is 5.32. The normalized spacial score (nSPS) is 12.9. The summed E-state index contributed by atoms with van der Waals surface area (Å²) in [5.41, 5.74) is 1.90. The highest BCUT2D eigenvalue weighted by molar-refractivity contribution is 8.00. The lowest BCUT2D eigenvalue weighted by molar-refractivity contribution is -0.116. The number of hydrogen-bond acceptors (Lipinski definition) is 5. The topological polar surface area (TPSA) is 60.2 Å². The average Bonchev–Trinajstić information content (AvgIpc) is 2.60. The second kappa shape index (κ2) is 4.44. The monoisotopic (exact) mass is 250 g/mol. The number of aromatic nitrogens is 4. The predicted molar refractivity (Wildman–Crippen MR) is 66.3 cm³/mol. The van der Waals surface area contributed by atoms with E-state index in [1.165, 1.54) is 11.8 Å². The number of rotatable bonds is 3. The fourth-order valence-electron chi connectivity index (χ4n) is 1.44. The Bertz CT molecular complexity index is 578. The van der Waals surface area contributed by atoms with Crippen molar-refractivity contribution in [3.8, 4) is 0 Å². The fraction of sp³-hybridized carbons (Fsp3) is 0.455. The molecule has 0 saturated heterocycles. The highest BCUT2D eigenvalue weighted by Gasteiger charge is 2.14. The highest BCUT2D eigenvalue weighted by Crippen LogP contribution is 2.20. The maximum Gasteiger partial charge on any atom is 0.253 e. The molecule has 2 rings (SSSR count). The predicted octanol–water partition coefficient (Wildman–Crippen LogP) is 1.81. The van der Waals surface area contributed by atoms with Gasteiger partial charge in [-0.05, 0) is 33.8 Å². The van der Waals surface area contributed by atoms with Crippen molar-refractivity contribution in [2.75, 3.05) is 0 Å². The summed E-state index contributed by atoms with van der Waals surface area (Å²) in [7, 11) is 0. The Kier molecular flexibility index (Phi) is 3.15.